The number of rotatable bonds is 3. The molecule has 0 saturated heterocycles. The lowest BCUT2D eigenvalue weighted by molar-refractivity contribution is -0.116. The molecule has 3 heteroatoms. The molecule has 3 nitrogen and oxygen atoms in total. The predicted octanol–water partition coefficient (Wildman–Crippen LogP) is -0.241. The maximum absolute atomic E-state index is 10.4. The van der Waals surface area contributed by atoms with E-state index < -0.39 is 6.17 Å². The number of amides is 1. The van der Waals surface area contributed by atoms with Gasteiger partial charge in [-0.05, 0) is 6.08 Å². The van der Waals surface area contributed by atoms with Crippen molar-refractivity contribution in [2.75, 3.05) is 0 Å². The van der Waals surface area contributed by atoms with Gasteiger partial charge in [0.15, 0.2) is 0 Å². The van der Waals surface area contributed by atoms with E-state index in [-0.39, 0.29) is 5.91 Å². The van der Waals surface area contributed by atoms with Crippen molar-refractivity contribution < 1.29 is 4.79 Å². The summed E-state index contributed by atoms with van der Waals surface area (Å²) in [6.45, 7) is 6.62. The van der Waals surface area contributed by atoms with Gasteiger partial charge in [0, 0.05) is 0 Å². The normalized spacial score (nSPS) is 11.7. The van der Waals surface area contributed by atoms with Gasteiger partial charge in [0.1, 0.15) is 0 Å². The van der Waals surface area contributed by atoms with Crippen LogP contribution in [-0.2, 0) is 4.79 Å². The van der Waals surface area contributed by atoms with Crippen LogP contribution in [0.15, 0.2) is 25.3 Å². The molecular formula is C6H10N2O. The van der Waals surface area contributed by atoms with Gasteiger partial charge in [-0.15, -0.1) is 0 Å². The lowest BCUT2D eigenvalue weighted by atomic mass is 10.4. The number of hydrogen-bond donors (Lipinski definition) is 2. The Morgan fingerprint density at radius 2 is 2.22 bits per heavy atom. The summed E-state index contributed by atoms with van der Waals surface area (Å²) in [5, 5.41) is 2.38. The monoisotopic (exact) mass is 126 g/mol. The van der Waals surface area contributed by atoms with Gasteiger partial charge in [-0.25, -0.2) is 0 Å². The second-order valence-electron chi connectivity index (χ2n) is 1.47. The Balaban J connectivity index is 3.58. The van der Waals surface area contributed by atoms with Crippen LogP contribution in [0.1, 0.15) is 0 Å². The van der Waals surface area contributed by atoms with Crippen molar-refractivity contribution >= 4 is 5.91 Å². The van der Waals surface area contributed by atoms with Crippen LogP contribution in [0.3, 0.4) is 0 Å². The number of carbonyl (C=O) groups is 1. The highest BCUT2D eigenvalue weighted by Crippen LogP contribution is 1.72. The number of carbonyl (C=O) groups excluding carboxylic acids is 1. The molecule has 1 unspecified atom stereocenters. The van der Waals surface area contributed by atoms with Crippen LogP contribution in [0.2, 0.25) is 0 Å². The van der Waals surface area contributed by atoms with Gasteiger partial charge >= 0.3 is 0 Å². The molecule has 0 rings (SSSR count). The van der Waals surface area contributed by atoms with Gasteiger partial charge in [-0.3, -0.25) is 4.79 Å². The van der Waals surface area contributed by atoms with E-state index in [0.29, 0.717) is 0 Å². The molecule has 3 N–H and O–H groups in total. The summed E-state index contributed by atoms with van der Waals surface area (Å²) in [6.07, 6.45) is 2.11. The Bertz CT molecular complexity index is 131. The van der Waals surface area contributed by atoms with E-state index in [1.54, 1.807) is 0 Å². The first-order valence-electron chi connectivity index (χ1n) is 2.51. The van der Waals surface area contributed by atoms with Crippen molar-refractivity contribution in [1.29, 1.82) is 0 Å². The van der Waals surface area contributed by atoms with Gasteiger partial charge in [0.05, 0.1) is 6.17 Å². The summed E-state index contributed by atoms with van der Waals surface area (Å²) in [5.41, 5.74) is 5.25. The topological polar surface area (TPSA) is 55.1 Å². The predicted molar refractivity (Wildman–Crippen MR) is 36.5 cm³/mol. The molecule has 0 saturated carbocycles. The van der Waals surface area contributed by atoms with E-state index in [0.717, 1.165) is 6.08 Å². The first kappa shape index (κ1) is 7.91. The zero-order valence-corrected chi connectivity index (χ0v) is 5.13. The zero-order valence-electron chi connectivity index (χ0n) is 5.13. The van der Waals surface area contributed by atoms with Crippen molar-refractivity contribution in [2.45, 2.75) is 6.17 Å². The molecule has 0 aliphatic rings. The van der Waals surface area contributed by atoms with E-state index >= 15 is 0 Å². The van der Waals surface area contributed by atoms with Crippen LogP contribution in [0, 0.1) is 0 Å². The molecule has 0 aromatic carbocycles. The van der Waals surface area contributed by atoms with E-state index in [1.165, 1.54) is 6.08 Å². The number of nitrogens with two attached hydrogens (primary N) is 1. The maximum atomic E-state index is 10.4. The lowest BCUT2D eigenvalue weighted by Gasteiger charge is -2.04. The van der Waals surface area contributed by atoms with E-state index in [2.05, 4.69) is 18.5 Å². The van der Waals surface area contributed by atoms with E-state index in [1.807, 2.05) is 0 Å². The Morgan fingerprint density at radius 3 is 2.56 bits per heavy atom. The summed E-state index contributed by atoms with van der Waals surface area (Å²) in [4.78, 5) is 10.4. The van der Waals surface area contributed by atoms with Gasteiger partial charge < -0.3 is 11.1 Å². The van der Waals surface area contributed by atoms with Crippen LogP contribution in [0.5, 0.6) is 0 Å². The third-order valence-electron chi connectivity index (χ3n) is 0.748. The fourth-order valence-electron chi connectivity index (χ4n) is 0.282. The minimum atomic E-state index is -0.476. The highest BCUT2D eigenvalue weighted by atomic mass is 16.1. The Hall–Kier alpha value is -1.09. The lowest BCUT2D eigenvalue weighted by Crippen LogP contribution is -2.38. The molecule has 0 aliphatic heterocycles. The van der Waals surface area contributed by atoms with Gasteiger partial charge in [0.25, 0.3) is 0 Å². The second kappa shape index (κ2) is 3.86. The molecule has 9 heavy (non-hydrogen) atoms. The SMILES string of the molecule is C=CC(=O)NC(N)C=C. The van der Waals surface area contributed by atoms with Gasteiger partial charge in [0.2, 0.25) is 5.91 Å². The first-order valence-corrected chi connectivity index (χ1v) is 2.51. The third-order valence-corrected chi connectivity index (χ3v) is 0.748. The smallest absolute Gasteiger partial charge is 0.244 e. The first-order chi connectivity index (χ1) is 4.20. The molecule has 1 amide bonds. The molecular weight excluding hydrogens is 116 g/mol. The van der Waals surface area contributed by atoms with Crippen molar-refractivity contribution in [3.05, 3.63) is 25.3 Å². The number of nitrogens with one attached hydrogen (secondary N) is 1. The summed E-state index contributed by atoms with van der Waals surface area (Å²) in [7, 11) is 0. The van der Waals surface area contributed by atoms with Crippen LogP contribution in [0.4, 0.5) is 0 Å². The molecule has 0 aromatic heterocycles. The standard InChI is InChI=1S/C6H10N2O/c1-3-5(7)8-6(9)4-2/h3-5H,1-2,7H2,(H,8,9). The second-order valence-corrected chi connectivity index (χ2v) is 1.47. The van der Waals surface area contributed by atoms with Crippen LogP contribution < -0.4 is 11.1 Å². The van der Waals surface area contributed by atoms with Gasteiger partial charge in [-0.2, -0.15) is 0 Å². The Morgan fingerprint density at radius 1 is 1.67 bits per heavy atom. The van der Waals surface area contributed by atoms with Gasteiger partial charge in [-0.1, -0.05) is 19.2 Å². The zero-order chi connectivity index (χ0) is 7.28. The van der Waals surface area contributed by atoms with Crippen LogP contribution >= 0.6 is 0 Å². The Labute approximate surface area is 54.2 Å². The molecule has 0 bridgehead atoms. The summed E-state index contributed by atoms with van der Waals surface area (Å²) >= 11 is 0. The fraction of sp³-hybridized carbons (Fsp3) is 0.167. The van der Waals surface area contributed by atoms with E-state index in [4.69, 9.17) is 5.73 Å². The molecule has 0 spiro atoms. The summed E-state index contributed by atoms with van der Waals surface area (Å²) in [5.74, 6) is -0.289. The average molecular weight is 126 g/mol. The molecule has 50 valence electrons. The summed E-state index contributed by atoms with van der Waals surface area (Å²) in [6, 6.07) is 0. The Kier molecular flexibility index (Phi) is 3.39. The van der Waals surface area contributed by atoms with Crippen molar-refractivity contribution in [3.63, 3.8) is 0 Å². The molecule has 0 radical (unpaired) electrons. The highest BCUT2D eigenvalue weighted by molar-refractivity contribution is 5.87. The molecule has 0 fully saturated rings. The minimum absolute atomic E-state index is 0.289. The number of hydrogen-bond acceptors (Lipinski definition) is 2. The maximum Gasteiger partial charge on any atom is 0.244 e. The summed E-state index contributed by atoms with van der Waals surface area (Å²) < 4.78 is 0. The van der Waals surface area contributed by atoms with Crippen LogP contribution in [0.25, 0.3) is 0 Å². The van der Waals surface area contributed by atoms with Crippen LogP contribution in [-0.4, -0.2) is 12.1 Å². The molecule has 0 aliphatic carbocycles. The third kappa shape index (κ3) is 3.49. The highest BCUT2D eigenvalue weighted by Gasteiger charge is 1.96. The molecule has 0 aromatic rings. The average Bonchev–Trinajstić information content (AvgIpc) is 1.87. The minimum Gasteiger partial charge on any atom is -0.334 e. The van der Waals surface area contributed by atoms with E-state index in [9.17, 15) is 4.79 Å². The molecule has 1 atom stereocenters. The largest absolute Gasteiger partial charge is 0.334 e. The van der Waals surface area contributed by atoms with Crippen molar-refractivity contribution in [2.24, 2.45) is 5.73 Å². The van der Waals surface area contributed by atoms with Crippen molar-refractivity contribution in [3.8, 4) is 0 Å². The quantitative estimate of drug-likeness (QED) is 0.311. The van der Waals surface area contributed by atoms with Crippen molar-refractivity contribution in [1.82, 2.24) is 5.32 Å². The fourth-order valence-corrected chi connectivity index (χ4v) is 0.282. The molecule has 0 heterocycles.